The largest absolute Gasteiger partial charge is 0.382 e. The fourth-order valence-corrected chi connectivity index (χ4v) is 2.35. The molecule has 1 saturated heterocycles. The van der Waals surface area contributed by atoms with Gasteiger partial charge in [-0.2, -0.15) is 0 Å². The molecular formula is C14H18N4O. The number of aromatic nitrogens is 3. The van der Waals surface area contributed by atoms with Crippen LogP contribution < -0.4 is 5.32 Å². The Balaban J connectivity index is 1.71. The van der Waals surface area contributed by atoms with Gasteiger partial charge < -0.3 is 14.6 Å². The lowest BCUT2D eigenvalue weighted by Gasteiger charge is -2.12. The lowest BCUT2D eigenvalue weighted by molar-refractivity contribution is 0.120. The van der Waals surface area contributed by atoms with Gasteiger partial charge in [-0.3, -0.25) is 0 Å². The molecule has 5 nitrogen and oxygen atoms in total. The highest BCUT2D eigenvalue weighted by atomic mass is 16.5. The fourth-order valence-electron chi connectivity index (χ4n) is 2.35. The summed E-state index contributed by atoms with van der Waals surface area (Å²) in [4.78, 5) is 0. The highest BCUT2D eigenvalue weighted by Gasteiger charge is 2.14. The Kier molecular flexibility index (Phi) is 3.46. The number of ether oxygens (including phenoxy) is 1. The van der Waals surface area contributed by atoms with Crippen molar-refractivity contribution in [3.8, 4) is 11.4 Å². The minimum Gasteiger partial charge on any atom is -0.382 e. The first-order chi connectivity index (χ1) is 9.33. The summed E-state index contributed by atoms with van der Waals surface area (Å²) in [5, 5.41) is 11.5. The number of rotatable bonds is 4. The van der Waals surface area contributed by atoms with E-state index in [4.69, 9.17) is 4.74 Å². The topological polar surface area (TPSA) is 52.0 Å². The van der Waals surface area contributed by atoms with Crippen LogP contribution in [0.25, 0.3) is 11.4 Å². The first kappa shape index (κ1) is 12.2. The molecule has 0 radical (unpaired) electrons. The highest BCUT2D eigenvalue weighted by Crippen LogP contribution is 2.20. The molecule has 1 aromatic heterocycles. The quantitative estimate of drug-likeness (QED) is 0.912. The van der Waals surface area contributed by atoms with Gasteiger partial charge in [0, 0.05) is 31.5 Å². The first-order valence-corrected chi connectivity index (χ1v) is 6.63. The summed E-state index contributed by atoms with van der Waals surface area (Å²) in [6, 6.07) is 8.23. The molecule has 0 saturated carbocycles. The van der Waals surface area contributed by atoms with Crippen molar-refractivity contribution in [2.75, 3.05) is 18.5 Å². The maximum atomic E-state index is 5.61. The Labute approximate surface area is 112 Å². The van der Waals surface area contributed by atoms with E-state index in [1.54, 1.807) is 6.33 Å². The van der Waals surface area contributed by atoms with Gasteiger partial charge in [0.1, 0.15) is 6.33 Å². The van der Waals surface area contributed by atoms with E-state index in [0.717, 1.165) is 36.6 Å². The second kappa shape index (κ2) is 5.40. The average molecular weight is 258 g/mol. The van der Waals surface area contributed by atoms with Gasteiger partial charge in [-0.15, -0.1) is 10.2 Å². The Morgan fingerprint density at radius 2 is 2.42 bits per heavy atom. The van der Waals surface area contributed by atoms with Crippen LogP contribution in [-0.2, 0) is 11.8 Å². The monoisotopic (exact) mass is 258 g/mol. The predicted molar refractivity (Wildman–Crippen MR) is 73.9 cm³/mol. The van der Waals surface area contributed by atoms with Crippen LogP contribution in [0.1, 0.15) is 12.8 Å². The Morgan fingerprint density at radius 3 is 3.16 bits per heavy atom. The summed E-state index contributed by atoms with van der Waals surface area (Å²) in [5.41, 5.74) is 2.16. The molecule has 1 unspecified atom stereocenters. The fraction of sp³-hybridized carbons (Fsp3) is 0.429. The van der Waals surface area contributed by atoms with E-state index in [9.17, 15) is 0 Å². The van der Waals surface area contributed by atoms with Crippen LogP contribution in [-0.4, -0.2) is 34.0 Å². The molecule has 0 bridgehead atoms. The Hall–Kier alpha value is -1.88. The molecular weight excluding hydrogens is 240 g/mol. The van der Waals surface area contributed by atoms with Gasteiger partial charge in [0.15, 0.2) is 5.82 Å². The second-order valence-corrected chi connectivity index (χ2v) is 4.86. The van der Waals surface area contributed by atoms with E-state index >= 15 is 0 Å². The van der Waals surface area contributed by atoms with Gasteiger partial charge in [-0.25, -0.2) is 0 Å². The molecule has 1 aliphatic rings. The average Bonchev–Trinajstić information content (AvgIpc) is 3.08. The summed E-state index contributed by atoms with van der Waals surface area (Å²) >= 11 is 0. The number of aryl methyl sites for hydroxylation is 1. The molecule has 1 atom stereocenters. The smallest absolute Gasteiger partial charge is 0.163 e. The van der Waals surface area contributed by atoms with Crippen molar-refractivity contribution in [2.45, 2.75) is 18.9 Å². The van der Waals surface area contributed by atoms with Gasteiger partial charge in [-0.1, -0.05) is 12.1 Å². The summed E-state index contributed by atoms with van der Waals surface area (Å²) < 4.78 is 7.52. The normalized spacial score (nSPS) is 18.7. The van der Waals surface area contributed by atoms with Gasteiger partial charge >= 0.3 is 0 Å². The van der Waals surface area contributed by atoms with Gasteiger partial charge in [-0.05, 0) is 25.0 Å². The lowest BCUT2D eigenvalue weighted by Crippen LogP contribution is -2.18. The van der Waals surface area contributed by atoms with E-state index in [1.807, 2.05) is 23.7 Å². The van der Waals surface area contributed by atoms with Crippen LogP contribution in [0, 0.1) is 0 Å². The molecule has 100 valence electrons. The van der Waals surface area contributed by atoms with Gasteiger partial charge in [0.2, 0.25) is 0 Å². The molecule has 0 spiro atoms. The van der Waals surface area contributed by atoms with E-state index in [-0.39, 0.29) is 0 Å². The highest BCUT2D eigenvalue weighted by molar-refractivity contribution is 5.62. The zero-order valence-electron chi connectivity index (χ0n) is 11.0. The van der Waals surface area contributed by atoms with Gasteiger partial charge in [0.25, 0.3) is 0 Å². The van der Waals surface area contributed by atoms with Crippen molar-refractivity contribution in [3.05, 3.63) is 30.6 Å². The Bertz CT molecular complexity index is 546. The second-order valence-electron chi connectivity index (χ2n) is 4.86. The van der Waals surface area contributed by atoms with Crippen molar-refractivity contribution in [1.29, 1.82) is 0 Å². The summed E-state index contributed by atoms with van der Waals surface area (Å²) in [7, 11) is 1.95. The van der Waals surface area contributed by atoms with Crippen LogP contribution >= 0.6 is 0 Å². The molecule has 0 aliphatic carbocycles. The number of nitrogens with one attached hydrogen (secondary N) is 1. The Morgan fingerprint density at radius 1 is 1.47 bits per heavy atom. The van der Waals surface area contributed by atoms with Crippen LogP contribution in [0.3, 0.4) is 0 Å². The van der Waals surface area contributed by atoms with Crippen molar-refractivity contribution in [1.82, 2.24) is 14.8 Å². The standard InChI is InChI=1S/C14H18N4O/c1-18-10-16-17-14(18)11-4-2-5-12(8-11)15-9-13-6-3-7-19-13/h2,4-5,8,10,13,15H,3,6-7,9H2,1H3. The van der Waals surface area contributed by atoms with Crippen LogP contribution in [0.15, 0.2) is 30.6 Å². The molecule has 1 aliphatic heterocycles. The molecule has 19 heavy (non-hydrogen) atoms. The molecule has 5 heteroatoms. The number of benzene rings is 1. The first-order valence-electron chi connectivity index (χ1n) is 6.63. The zero-order valence-corrected chi connectivity index (χ0v) is 11.0. The minimum absolute atomic E-state index is 0.346. The number of hydrogen-bond donors (Lipinski definition) is 1. The molecule has 0 amide bonds. The van der Waals surface area contributed by atoms with E-state index < -0.39 is 0 Å². The molecule has 3 rings (SSSR count). The zero-order chi connectivity index (χ0) is 13.1. The molecule has 1 N–H and O–H groups in total. The third-order valence-electron chi connectivity index (χ3n) is 3.39. The van der Waals surface area contributed by atoms with Crippen molar-refractivity contribution >= 4 is 5.69 Å². The third kappa shape index (κ3) is 2.76. The van der Waals surface area contributed by atoms with Crippen molar-refractivity contribution in [3.63, 3.8) is 0 Å². The molecule has 2 heterocycles. The van der Waals surface area contributed by atoms with Crippen molar-refractivity contribution < 1.29 is 4.74 Å². The molecule has 2 aromatic rings. The third-order valence-corrected chi connectivity index (χ3v) is 3.39. The summed E-state index contributed by atoms with van der Waals surface area (Å²) in [6.07, 6.45) is 4.38. The number of anilines is 1. The van der Waals surface area contributed by atoms with E-state index in [2.05, 4.69) is 27.6 Å². The van der Waals surface area contributed by atoms with E-state index in [1.165, 1.54) is 6.42 Å². The van der Waals surface area contributed by atoms with Crippen LogP contribution in [0.4, 0.5) is 5.69 Å². The number of hydrogen-bond acceptors (Lipinski definition) is 4. The van der Waals surface area contributed by atoms with Gasteiger partial charge in [0.05, 0.1) is 6.10 Å². The maximum absolute atomic E-state index is 5.61. The minimum atomic E-state index is 0.346. The van der Waals surface area contributed by atoms with Crippen LogP contribution in [0.2, 0.25) is 0 Å². The summed E-state index contributed by atoms with van der Waals surface area (Å²) in [5.74, 6) is 0.876. The van der Waals surface area contributed by atoms with E-state index in [0.29, 0.717) is 6.10 Å². The maximum Gasteiger partial charge on any atom is 0.163 e. The summed E-state index contributed by atoms with van der Waals surface area (Å²) in [6.45, 7) is 1.76. The predicted octanol–water partition coefficient (Wildman–Crippen LogP) is 2.07. The number of nitrogens with zero attached hydrogens (tertiary/aromatic N) is 3. The van der Waals surface area contributed by atoms with Crippen molar-refractivity contribution in [2.24, 2.45) is 7.05 Å². The SMILES string of the molecule is Cn1cnnc1-c1cccc(NCC2CCCO2)c1. The molecule has 1 fully saturated rings. The van der Waals surface area contributed by atoms with Crippen LogP contribution in [0.5, 0.6) is 0 Å². The molecule has 1 aromatic carbocycles. The lowest BCUT2D eigenvalue weighted by atomic mass is 10.2.